The number of aliphatic hydroxyl groups is 3. The highest BCUT2D eigenvalue weighted by Crippen LogP contribution is 2.28. The Morgan fingerprint density at radius 3 is 2.55 bits per heavy atom. The molecule has 29 heavy (non-hydrogen) atoms. The van der Waals surface area contributed by atoms with Gasteiger partial charge in [0, 0.05) is 24.5 Å². The summed E-state index contributed by atoms with van der Waals surface area (Å²) in [5.41, 5.74) is 5.52. The van der Waals surface area contributed by atoms with E-state index in [1.54, 1.807) is 0 Å². The van der Waals surface area contributed by atoms with Gasteiger partial charge in [-0.3, -0.25) is 19.4 Å². The van der Waals surface area contributed by atoms with Crippen molar-refractivity contribution in [2.75, 3.05) is 11.6 Å². The molecular weight excluding hydrogens is 382 g/mol. The van der Waals surface area contributed by atoms with Crippen LogP contribution in [0, 0.1) is 0 Å². The third kappa shape index (κ3) is 4.39. The molecule has 1 aromatic heterocycles. The number of nitrogens with one attached hydrogen (secondary N) is 1. The lowest BCUT2D eigenvalue weighted by molar-refractivity contribution is -0.0549. The number of allylic oxidation sites excluding steroid dienone is 1. The van der Waals surface area contributed by atoms with E-state index in [0.717, 1.165) is 21.3 Å². The van der Waals surface area contributed by atoms with Gasteiger partial charge < -0.3 is 25.8 Å². The summed E-state index contributed by atoms with van der Waals surface area (Å²) in [5.74, 6) is 5.93. The zero-order valence-corrected chi connectivity index (χ0v) is 15.4. The number of benzene rings is 1. The number of nitrogens with two attached hydrogens (primary N) is 2. The van der Waals surface area contributed by atoms with Gasteiger partial charge in [-0.2, -0.15) is 0 Å². The first kappa shape index (κ1) is 20.8. The average Bonchev–Trinajstić information content (AvgIpc) is 2.97. The zero-order valence-electron chi connectivity index (χ0n) is 15.4. The lowest BCUT2D eigenvalue weighted by atomic mass is 10.1. The maximum Gasteiger partial charge on any atom is 0.330 e. The lowest BCUT2D eigenvalue weighted by Gasteiger charge is -2.20. The van der Waals surface area contributed by atoms with Crippen molar-refractivity contribution in [3.8, 4) is 0 Å². The summed E-state index contributed by atoms with van der Waals surface area (Å²) < 4.78 is 6.22. The van der Waals surface area contributed by atoms with Gasteiger partial charge in [0.25, 0.3) is 5.56 Å². The van der Waals surface area contributed by atoms with Gasteiger partial charge in [0.1, 0.15) is 24.0 Å². The van der Waals surface area contributed by atoms with Gasteiger partial charge in [-0.25, -0.2) is 10.6 Å². The van der Waals surface area contributed by atoms with Gasteiger partial charge in [0.2, 0.25) is 0 Å². The minimum Gasteiger partial charge on any atom is -0.401 e. The molecule has 1 saturated heterocycles. The Kier molecular flexibility index (Phi) is 6.15. The molecule has 1 fully saturated rings. The average molecular weight is 405 g/mol. The molecule has 0 amide bonds. The highest BCUT2D eigenvalue weighted by Gasteiger charge is 2.43. The summed E-state index contributed by atoms with van der Waals surface area (Å²) in [6.45, 7) is -0.554. The van der Waals surface area contributed by atoms with Crippen molar-refractivity contribution in [1.82, 2.24) is 9.55 Å². The first-order valence-corrected chi connectivity index (χ1v) is 8.83. The lowest BCUT2D eigenvalue weighted by Crippen LogP contribution is -2.41. The fourth-order valence-electron chi connectivity index (χ4n) is 3.08. The van der Waals surface area contributed by atoms with Gasteiger partial charge in [0.15, 0.2) is 6.23 Å². The van der Waals surface area contributed by atoms with Crippen LogP contribution in [-0.4, -0.2) is 49.8 Å². The largest absolute Gasteiger partial charge is 0.401 e. The van der Waals surface area contributed by atoms with Gasteiger partial charge in [0.05, 0.1) is 6.61 Å². The predicted octanol–water partition coefficient (Wildman–Crippen LogP) is -2.13. The Morgan fingerprint density at radius 1 is 1.24 bits per heavy atom. The number of aromatic nitrogens is 2. The van der Waals surface area contributed by atoms with Crippen molar-refractivity contribution in [2.24, 2.45) is 11.6 Å². The van der Waals surface area contributed by atoms with Crippen LogP contribution in [0.5, 0.6) is 0 Å². The molecule has 0 radical (unpaired) electrons. The van der Waals surface area contributed by atoms with Crippen LogP contribution in [0.25, 0.3) is 0 Å². The number of aliphatic hydroxyl groups excluding tert-OH is 3. The fraction of sp³-hybridized carbons (Fsp3) is 0.333. The van der Waals surface area contributed by atoms with Crippen LogP contribution in [0.2, 0.25) is 0 Å². The first-order valence-electron chi connectivity index (χ1n) is 8.83. The topological polar surface area (TPSA) is 180 Å². The van der Waals surface area contributed by atoms with E-state index in [0.29, 0.717) is 12.1 Å². The molecule has 4 atom stereocenters. The van der Waals surface area contributed by atoms with E-state index < -0.39 is 42.4 Å². The number of aromatic amines is 1. The Morgan fingerprint density at radius 2 is 1.93 bits per heavy atom. The second-order valence-electron chi connectivity index (χ2n) is 6.68. The molecular formula is C18H23N5O6. The molecule has 2 aromatic rings. The van der Waals surface area contributed by atoms with E-state index in [2.05, 4.69) is 4.98 Å². The maximum absolute atomic E-state index is 12.2. The van der Waals surface area contributed by atoms with E-state index in [9.17, 15) is 24.9 Å². The molecule has 4 unspecified atom stereocenters. The van der Waals surface area contributed by atoms with Crippen LogP contribution < -0.4 is 27.8 Å². The van der Waals surface area contributed by atoms with Crippen molar-refractivity contribution in [3.05, 3.63) is 74.8 Å². The molecule has 8 N–H and O–H groups in total. The molecule has 0 spiro atoms. The molecule has 156 valence electrons. The molecule has 1 aliphatic rings. The third-order valence-electron chi connectivity index (χ3n) is 4.57. The highest BCUT2D eigenvalue weighted by molar-refractivity contribution is 5.44. The maximum atomic E-state index is 12.2. The van der Waals surface area contributed by atoms with Crippen molar-refractivity contribution in [3.63, 3.8) is 0 Å². The first-order chi connectivity index (χ1) is 13.8. The molecule has 0 saturated carbocycles. The zero-order chi connectivity index (χ0) is 21.1. The SMILES string of the molecule is N/C(=C\N(N)c1cn(C2OC(CO)C(O)C2O)c(=O)[nH]c1=O)Cc1ccccc1. The number of hydrogen-bond acceptors (Lipinski definition) is 9. The number of rotatable bonds is 6. The third-order valence-corrected chi connectivity index (χ3v) is 4.57. The fourth-order valence-corrected chi connectivity index (χ4v) is 3.08. The molecule has 3 rings (SSSR count). The molecule has 2 heterocycles. The molecule has 1 aromatic carbocycles. The van der Waals surface area contributed by atoms with E-state index in [1.165, 1.54) is 6.20 Å². The Bertz CT molecular complexity index is 988. The summed E-state index contributed by atoms with van der Waals surface area (Å²) in [5, 5.41) is 30.2. The van der Waals surface area contributed by atoms with E-state index in [4.69, 9.17) is 16.3 Å². The summed E-state index contributed by atoms with van der Waals surface area (Å²) in [7, 11) is 0. The van der Waals surface area contributed by atoms with Crippen LogP contribution >= 0.6 is 0 Å². The number of hydrazine groups is 1. The van der Waals surface area contributed by atoms with Crippen LogP contribution in [0.1, 0.15) is 11.8 Å². The molecule has 11 nitrogen and oxygen atoms in total. The van der Waals surface area contributed by atoms with Crippen molar-refractivity contribution in [2.45, 2.75) is 31.0 Å². The highest BCUT2D eigenvalue weighted by atomic mass is 16.6. The van der Waals surface area contributed by atoms with E-state index >= 15 is 0 Å². The summed E-state index contributed by atoms with van der Waals surface area (Å²) >= 11 is 0. The minimum atomic E-state index is -1.49. The summed E-state index contributed by atoms with van der Waals surface area (Å²) in [6.07, 6.45) is -2.47. The van der Waals surface area contributed by atoms with Crippen LogP contribution in [0.3, 0.4) is 0 Å². The van der Waals surface area contributed by atoms with Crippen LogP contribution in [0.4, 0.5) is 5.69 Å². The molecule has 1 aliphatic heterocycles. The van der Waals surface area contributed by atoms with Crippen molar-refractivity contribution in [1.29, 1.82) is 0 Å². The van der Waals surface area contributed by atoms with Gasteiger partial charge in [-0.15, -0.1) is 0 Å². The number of anilines is 1. The molecule has 11 heteroatoms. The summed E-state index contributed by atoms with van der Waals surface area (Å²) in [4.78, 5) is 26.5. The van der Waals surface area contributed by atoms with Gasteiger partial charge in [-0.05, 0) is 5.56 Å². The van der Waals surface area contributed by atoms with Gasteiger partial charge >= 0.3 is 5.69 Å². The molecule has 0 bridgehead atoms. The smallest absolute Gasteiger partial charge is 0.330 e. The number of hydrogen-bond donors (Lipinski definition) is 6. The van der Waals surface area contributed by atoms with Crippen LogP contribution in [0.15, 0.2) is 58.0 Å². The monoisotopic (exact) mass is 405 g/mol. The van der Waals surface area contributed by atoms with Crippen molar-refractivity contribution >= 4 is 5.69 Å². The summed E-state index contributed by atoms with van der Waals surface area (Å²) in [6, 6.07) is 9.38. The number of H-pyrrole nitrogens is 1. The van der Waals surface area contributed by atoms with Crippen molar-refractivity contribution < 1.29 is 20.1 Å². The quantitative estimate of drug-likeness (QED) is 0.231. The van der Waals surface area contributed by atoms with E-state index in [1.807, 2.05) is 30.3 Å². The molecule has 0 aliphatic carbocycles. The Labute approximate surface area is 165 Å². The predicted molar refractivity (Wildman–Crippen MR) is 103 cm³/mol. The number of ether oxygens (including phenoxy) is 1. The van der Waals surface area contributed by atoms with E-state index in [-0.39, 0.29) is 5.69 Å². The Hall–Kier alpha value is -2.96. The standard InChI is InChI=1S/C18H23N5O6/c19-11(6-10-4-2-1-3-5-10)7-23(20)12-8-22(18(28)21-16(12)27)17-15(26)14(25)13(9-24)29-17/h1-5,7-8,13-15,17,24-26H,6,9,19-20H2,(H,21,27,28)/b11-7-. The minimum absolute atomic E-state index is 0.140. The van der Waals surface area contributed by atoms with Gasteiger partial charge in [-0.1, -0.05) is 30.3 Å². The second kappa shape index (κ2) is 8.59. The van der Waals surface area contributed by atoms with Crippen LogP contribution in [-0.2, 0) is 11.2 Å². The Balaban J connectivity index is 1.88. The second-order valence-corrected chi connectivity index (χ2v) is 6.68. The normalized spacial score (nSPS) is 24.6. The number of nitrogens with zero attached hydrogens (tertiary/aromatic N) is 2.